The number of rotatable bonds is 4. The molecule has 5 nitrogen and oxygen atoms in total. The number of amides is 2. The fourth-order valence-corrected chi connectivity index (χ4v) is 3.39. The van der Waals surface area contributed by atoms with Crippen molar-refractivity contribution in [2.24, 2.45) is 4.99 Å². The minimum atomic E-state index is -0.144. The molecule has 7 heteroatoms. The zero-order valence-electron chi connectivity index (χ0n) is 11.0. The quantitative estimate of drug-likeness (QED) is 0.890. The molecule has 106 valence electrons. The molecule has 0 saturated heterocycles. The summed E-state index contributed by atoms with van der Waals surface area (Å²) in [5.41, 5.74) is 1.25. The highest BCUT2D eigenvalue weighted by Gasteiger charge is 2.11. The summed E-state index contributed by atoms with van der Waals surface area (Å²) >= 11 is 3.15. The lowest BCUT2D eigenvalue weighted by Crippen LogP contribution is -2.18. The fourth-order valence-electron chi connectivity index (χ4n) is 1.58. The van der Waals surface area contributed by atoms with Gasteiger partial charge in [-0.05, 0) is 24.3 Å². The van der Waals surface area contributed by atoms with E-state index in [4.69, 9.17) is 0 Å². The van der Waals surface area contributed by atoms with E-state index in [0.29, 0.717) is 17.0 Å². The number of aliphatic imine (C=N–C) groups is 1. The molecule has 1 aromatic carbocycles. The third-order valence-corrected chi connectivity index (χ3v) is 4.79. The molecule has 0 spiro atoms. The van der Waals surface area contributed by atoms with Gasteiger partial charge in [0.25, 0.3) is 5.91 Å². The van der Waals surface area contributed by atoms with E-state index < -0.39 is 0 Å². The maximum absolute atomic E-state index is 11.8. The van der Waals surface area contributed by atoms with E-state index in [-0.39, 0.29) is 11.8 Å². The lowest BCUT2D eigenvalue weighted by molar-refractivity contribution is -0.113. The zero-order valence-corrected chi connectivity index (χ0v) is 12.6. The Kier molecular flexibility index (Phi) is 5.49. The molecule has 2 amide bonds. The van der Waals surface area contributed by atoms with Gasteiger partial charge in [-0.15, -0.1) is 0 Å². The summed E-state index contributed by atoms with van der Waals surface area (Å²) in [5, 5.41) is 5.34. The SMILES string of the molecule is CNC(=O)c1ccc(NC(=O)CSC2=NCCS2)cc1. The van der Waals surface area contributed by atoms with Crippen LogP contribution in [-0.2, 0) is 4.79 Å². The lowest BCUT2D eigenvalue weighted by atomic mass is 10.2. The summed E-state index contributed by atoms with van der Waals surface area (Å²) in [7, 11) is 1.58. The van der Waals surface area contributed by atoms with Gasteiger partial charge in [-0.3, -0.25) is 14.6 Å². The second kappa shape index (κ2) is 7.35. The molecule has 0 atom stereocenters. The Morgan fingerprint density at radius 3 is 2.70 bits per heavy atom. The predicted octanol–water partition coefficient (Wildman–Crippen LogP) is 1.82. The van der Waals surface area contributed by atoms with Crippen LogP contribution in [0, 0.1) is 0 Å². The number of nitrogens with zero attached hydrogens (tertiary/aromatic N) is 1. The molecule has 0 radical (unpaired) electrons. The zero-order chi connectivity index (χ0) is 14.4. The molecule has 1 heterocycles. The van der Waals surface area contributed by atoms with Gasteiger partial charge in [0.05, 0.1) is 12.3 Å². The number of anilines is 1. The van der Waals surface area contributed by atoms with Gasteiger partial charge in [0.15, 0.2) is 0 Å². The first kappa shape index (κ1) is 14.9. The Labute approximate surface area is 126 Å². The van der Waals surface area contributed by atoms with Crippen LogP contribution in [0.1, 0.15) is 10.4 Å². The number of benzene rings is 1. The molecule has 1 aliphatic heterocycles. The van der Waals surface area contributed by atoms with E-state index in [1.807, 2.05) is 0 Å². The highest BCUT2D eigenvalue weighted by molar-refractivity contribution is 8.39. The average Bonchev–Trinajstić information content (AvgIpc) is 2.98. The standard InChI is InChI=1S/C13H15N3O2S2/c1-14-12(18)9-2-4-10(5-3-9)16-11(17)8-20-13-15-6-7-19-13/h2-5H,6-8H2,1H3,(H,14,18)(H,16,17). The van der Waals surface area contributed by atoms with Crippen molar-refractivity contribution in [1.29, 1.82) is 0 Å². The van der Waals surface area contributed by atoms with E-state index in [1.54, 1.807) is 43.1 Å². The Morgan fingerprint density at radius 2 is 2.10 bits per heavy atom. The average molecular weight is 309 g/mol. The summed E-state index contributed by atoms with van der Waals surface area (Å²) in [4.78, 5) is 27.4. The molecular weight excluding hydrogens is 294 g/mol. The van der Waals surface area contributed by atoms with E-state index in [2.05, 4.69) is 15.6 Å². The molecule has 0 bridgehead atoms. The third kappa shape index (κ3) is 4.28. The normalized spacial score (nSPS) is 13.8. The van der Waals surface area contributed by atoms with E-state index in [9.17, 15) is 9.59 Å². The third-order valence-electron chi connectivity index (χ3n) is 2.54. The second-order valence-corrected chi connectivity index (χ2v) is 6.30. The first-order valence-electron chi connectivity index (χ1n) is 6.11. The maximum atomic E-state index is 11.8. The van der Waals surface area contributed by atoms with Gasteiger partial charge in [0, 0.05) is 24.1 Å². The van der Waals surface area contributed by atoms with E-state index >= 15 is 0 Å². The van der Waals surface area contributed by atoms with Gasteiger partial charge < -0.3 is 10.6 Å². The van der Waals surface area contributed by atoms with E-state index in [1.165, 1.54) is 11.8 Å². The first-order valence-corrected chi connectivity index (χ1v) is 8.08. The van der Waals surface area contributed by atoms with Crippen LogP contribution in [-0.4, -0.2) is 41.3 Å². The largest absolute Gasteiger partial charge is 0.355 e. The van der Waals surface area contributed by atoms with Crippen molar-refractivity contribution in [2.75, 3.05) is 30.4 Å². The van der Waals surface area contributed by atoms with Crippen molar-refractivity contribution >= 4 is 45.4 Å². The molecule has 0 aromatic heterocycles. The van der Waals surface area contributed by atoms with Crippen LogP contribution >= 0.6 is 23.5 Å². The fraction of sp³-hybridized carbons (Fsp3) is 0.308. The van der Waals surface area contributed by atoms with Crippen LogP contribution in [0.25, 0.3) is 0 Å². The predicted molar refractivity (Wildman–Crippen MR) is 85.7 cm³/mol. The maximum Gasteiger partial charge on any atom is 0.251 e. The van der Waals surface area contributed by atoms with Gasteiger partial charge >= 0.3 is 0 Å². The number of hydrogen-bond donors (Lipinski definition) is 2. The van der Waals surface area contributed by atoms with Crippen LogP contribution in [0.15, 0.2) is 29.3 Å². The van der Waals surface area contributed by atoms with Crippen LogP contribution in [0.5, 0.6) is 0 Å². The number of carbonyl (C=O) groups is 2. The van der Waals surface area contributed by atoms with Crippen molar-refractivity contribution in [3.63, 3.8) is 0 Å². The summed E-state index contributed by atoms with van der Waals surface area (Å²) in [6, 6.07) is 6.79. The summed E-state index contributed by atoms with van der Waals surface area (Å²) in [6.45, 7) is 0.843. The summed E-state index contributed by atoms with van der Waals surface area (Å²) < 4.78 is 0.982. The number of thioether (sulfide) groups is 2. The van der Waals surface area contributed by atoms with Crippen molar-refractivity contribution in [3.05, 3.63) is 29.8 Å². The summed E-state index contributed by atoms with van der Waals surface area (Å²) in [5.74, 6) is 1.14. The smallest absolute Gasteiger partial charge is 0.251 e. The molecule has 0 unspecified atom stereocenters. The summed E-state index contributed by atoms with van der Waals surface area (Å²) in [6.07, 6.45) is 0. The molecule has 1 aliphatic rings. The number of carbonyl (C=O) groups excluding carboxylic acids is 2. The van der Waals surface area contributed by atoms with Crippen LogP contribution in [0.3, 0.4) is 0 Å². The van der Waals surface area contributed by atoms with Gasteiger partial charge in [0.2, 0.25) is 5.91 Å². The van der Waals surface area contributed by atoms with Gasteiger partial charge in [-0.25, -0.2) is 0 Å². The highest BCUT2D eigenvalue weighted by atomic mass is 32.2. The molecule has 1 aromatic rings. The van der Waals surface area contributed by atoms with Crippen molar-refractivity contribution in [2.45, 2.75) is 0 Å². The minimum Gasteiger partial charge on any atom is -0.355 e. The molecule has 0 saturated carbocycles. The first-order chi connectivity index (χ1) is 9.69. The molecule has 2 rings (SSSR count). The molecule has 2 N–H and O–H groups in total. The highest BCUT2D eigenvalue weighted by Crippen LogP contribution is 2.22. The Morgan fingerprint density at radius 1 is 1.35 bits per heavy atom. The molecule has 0 aliphatic carbocycles. The van der Waals surface area contributed by atoms with Gasteiger partial charge in [-0.2, -0.15) is 0 Å². The van der Waals surface area contributed by atoms with Crippen LogP contribution in [0.4, 0.5) is 5.69 Å². The topological polar surface area (TPSA) is 70.6 Å². The van der Waals surface area contributed by atoms with Crippen LogP contribution < -0.4 is 10.6 Å². The Balaban J connectivity index is 1.83. The Hall–Kier alpha value is -1.47. The molecular formula is C13H15N3O2S2. The van der Waals surface area contributed by atoms with E-state index in [0.717, 1.165) is 16.7 Å². The molecule has 20 heavy (non-hydrogen) atoms. The minimum absolute atomic E-state index is 0.0714. The monoisotopic (exact) mass is 309 g/mol. The lowest BCUT2D eigenvalue weighted by Gasteiger charge is -2.06. The van der Waals surface area contributed by atoms with Gasteiger partial charge in [0.1, 0.15) is 4.38 Å². The number of hydrogen-bond acceptors (Lipinski definition) is 5. The van der Waals surface area contributed by atoms with Crippen molar-refractivity contribution in [1.82, 2.24) is 5.32 Å². The molecule has 0 fully saturated rings. The second-order valence-electron chi connectivity index (χ2n) is 3.99. The Bertz CT molecular complexity index is 529. The number of nitrogens with one attached hydrogen (secondary N) is 2. The van der Waals surface area contributed by atoms with Crippen LogP contribution in [0.2, 0.25) is 0 Å². The van der Waals surface area contributed by atoms with Crippen molar-refractivity contribution < 1.29 is 9.59 Å². The van der Waals surface area contributed by atoms with Crippen molar-refractivity contribution in [3.8, 4) is 0 Å². The van der Waals surface area contributed by atoms with Gasteiger partial charge in [-0.1, -0.05) is 23.5 Å².